The lowest BCUT2D eigenvalue weighted by Crippen LogP contribution is -2.41. The molecule has 228 valence electrons. The van der Waals surface area contributed by atoms with Crippen molar-refractivity contribution in [2.24, 2.45) is 17.5 Å². The van der Waals surface area contributed by atoms with Crippen molar-refractivity contribution in [3.63, 3.8) is 0 Å². The summed E-state index contributed by atoms with van der Waals surface area (Å²) in [5, 5.41) is 9.40. The van der Waals surface area contributed by atoms with Gasteiger partial charge in [-0.1, -0.05) is 24.3 Å². The molecule has 2 aromatic heterocycles. The van der Waals surface area contributed by atoms with Gasteiger partial charge in [-0.15, -0.1) is 0 Å². The van der Waals surface area contributed by atoms with Crippen LogP contribution in [0, 0.1) is 27.7 Å². The Hall–Kier alpha value is -5.08. The second kappa shape index (κ2) is 15.2. The van der Waals surface area contributed by atoms with Gasteiger partial charge in [-0.3, -0.25) is 40.2 Å². The van der Waals surface area contributed by atoms with Crippen LogP contribution in [-0.4, -0.2) is 49.7 Å². The van der Waals surface area contributed by atoms with Gasteiger partial charge in [0, 0.05) is 29.4 Å². The van der Waals surface area contributed by atoms with Gasteiger partial charge in [0.05, 0.1) is 22.3 Å². The third-order valence-electron chi connectivity index (χ3n) is 6.36. The van der Waals surface area contributed by atoms with Crippen LogP contribution in [0.2, 0.25) is 0 Å². The lowest BCUT2D eigenvalue weighted by Gasteiger charge is -2.19. The Balaban J connectivity index is 0.000000223. The number of aromatic nitrogens is 2. The van der Waals surface area contributed by atoms with E-state index < -0.39 is 11.8 Å². The average molecular weight is 591 g/mol. The molecule has 0 radical (unpaired) electrons. The van der Waals surface area contributed by atoms with E-state index in [1.54, 1.807) is 64.8 Å². The first kappa shape index (κ1) is 34.1. The monoisotopic (exact) mass is 590 g/mol. The van der Waals surface area contributed by atoms with Crippen molar-refractivity contribution in [3.05, 3.63) is 118 Å². The molecule has 0 fully saturated rings. The number of imide groups is 2. The minimum atomic E-state index is -0.435. The van der Waals surface area contributed by atoms with Crippen LogP contribution >= 0.6 is 0 Å². The van der Waals surface area contributed by atoms with Crippen molar-refractivity contribution in [2.75, 3.05) is 17.5 Å². The molecule has 0 saturated heterocycles. The van der Waals surface area contributed by atoms with Gasteiger partial charge in [0.15, 0.2) is 0 Å². The number of carbonyl (C=O) groups excluding carboxylic acids is 4. The maximum atomic E-state index is 12.3. The molecule has 4 heterocycles. The second-order valence-electron chi connectivity index (χ2n) is 9.22. The maximum Gasteiger partial charge on any atom is 0.281 e. The number of hydrogen-bond acceptors (Lipinski definition) is 9. The zero-order valence-corrected chi connectivity index (χ0v) is 24.8. The van der Waals surface area contributed by atoms with Gasteiger partial charge < -0.3 is 10.9 Å². The topological polar surface area (TPSA) is 209 Å². The molecule has 6 rings (SSSR count). The Morgan fingerprint density at radius 2 is 0.837 bits per heavy atom. The molecule has 4 amide bonds. The summed E-state index contributed by atoms with van der Waals surface area (Å²) in [6, 6.07) is 21.2. The van der Waals surface area contributed by atoms with Crippen LogP contribution in [0.5, 0.6) is 0 Å². The van der Waals surface area contributed by atoms with Gasteiger partial charge in [-0.25, -0.2) is 10.9 Å². The molecule has 0 atom stereocenters. The molecule has 0 bridgehead atoms. The molecule has 43 heavy (non-hydrogen) atoms. The highest BCUT2D eigenvalue weighted by atomic mass is 16.2. The van der Waals surface area contributed by atoms with Crippen LogP contribution in [0.4, 0.5) is 0 Å². The average Bonchev–Trinajstić information content (AvgIpc) is 3.66. The molecular weight excluding hydrogens is 552 g/mol. The highest BCUT2D eigenvalue weighted by molar-refractivity contribution is 6.30. The summed E-state index contributed by atoms with van der Waals surface area (Å²) >= 11 is 0. The fraction of sp³-hybridized carbons (Fsp3) is 0.200. The van der Waals surface area contributed by atoms with E-state index in [4.69, 9.17) is 16.8 Å². The summed E-state index contributed by atoms with van der Waals surface area (Å²) in [6.07, 6.45) is 0. The van der Waals surface area contributed by atoms with Crippen LogP contribution in [-0.2, 0) is 0 Å². The third kappa shape index (κ3) is 7.23. The minimum Gasteiger partial charge on any atom is -0.397 e. The number of nitrogens with zero attached hydrogens (tertiary/aromatic N) is 4. The summed E-state index contributed by atoms with van der Waals surface area (Å²) in [4.78, 5) is 47.0. The number of fused-ring (bicyclic) bond motifs is 2. The van der Waals surface area contributed by atoms with Crippen molar-refractivity contribution in [1.82, 2.24) is 14.4 Å². The smallest absolute Gasteiger partial charge is 0.281 e. The van der Waals surface area contributed by atoms with Gasteiger partial charge in [0.25, 0.3) is 23.6 Å². The zero-order chi connectivity index (χ0) is 32.4. The van der Waals surface area contributed by atoms with Crippen molar-refractivity contribution in [1.29, 1.82) is 0 Å². The number of benzene rings is 2. The predicted octanol–water partition coefficient (Wildman–Crippen LogP) is 1.83. The van der Waals surface area contributed by atoms with E-state index in [2.05, 4.69) is 11.7 Å². The molecule has 2 aliphatic heterocycles. The Morgan fingerprint density at radius 1 is 0.558 bits per heavy atom. The van der Waals surface area contributed by atoms with Gasteiger partial charge >= 0.3 is 0 Å². The molecular formula is C30H38N8O5. The number of amides is 4. The number of hydrazine groups is 2. The fourth-order valence-electron chi connectivity index (χ4n) is 4.22. The second-order valence-corrected chi connectivity index (χ2v) is 9.22. The Kier molecular flexibility index (Phi) is 12.1. The summed E-state index contributed by atoms with van der Waals surface area (Å²) in [5.41, 5.74) is 5.62. The molecule has 0 spiro atoms. The largest absolute Gasteiger partial charge is 0.397 e. The Labute approximate surface area is 249 Å². The lowest BCUT2D eigenvalue weighted by atomic mass is 10.1. The van der Waals surface area contributed by atoms with E-state index in [1.807, 2.05) is 52.0 Å². The Bertz CT molecular complexity index is 1500. The van der Waals surface area contributed by atoms with Crippen LogP contribution in [0.3, 0.4) is 0 Å². The molecule has 9 N–H and O–H groups in total. The standard InChI is InChI=1S/C14H12N2O2.C8H6N2O2.C6H10N2.C2H6O.H4N2/c1-9-7-8-10(2)15(9)16-13(17)11-5-3-4-6-12(11)14(16)18;9-10-7(11)5-3-1-2-4-6(5)8(10)12;1-5-3-4-6(2)8(5)7;1-2-3;1-2/h3-8H,1-2H3;1-4H,9H2;3-4H,7H2,1-2H3;3H,2H2,1H3;1-2H2. The van der Waals surface area contributed by atoms with Crippen molar-refractivity contribution >= 4 is 23.6 Å². The molecule has 0 aliphatic carbocycles. The Morgan fingerprint density at radius 3 is 1.12 bits per heavy atom. The number of hydrogen-bond donors (Lipinski definition) is 5. The van der Waals surface area contributed by atoms with Crippen LogP contribution in [0.15, 0.2) is 72.8 Å². The minimum absolute atomic E-state index is 0.250. The highest BCUT2D eigenvalue weighted by Crippen LogP contribution is 2.23. The molecule has 2 aliphatic rings. The number of nitrogens with two attached hydrogens (primary N) is 4. The zero-order valence-electron chi connectivity index (χ0n) is 24.8. The molecule has 13 nitrogen and oxygen atoms in total. The summed E-state index contributed by atoms with van der Waals surface area (Å²) in [5.74, 6) is 17.3. The normalized spacial score (nSPS) is 12.6. The van der Waals surface area contributed by atoms with Crippen molar-refractivity contribution in [2.45, 2.75) is 34.6 Å². The van der Waals surface area contributed by atoms with Gasteiger partial charge in [-0.05, 0) is 83.1 Å². The van der Waals surface area contributed by atoms with Crippen LogP contribution in [0.25, 0.3) is 0 Å². The van der Waals surface area contributed by atoms with Crippen LogP contribution in [0.1, 0.15) is 71.1 Å². The van der Waals surface area contributed by atoms with Crippen molar-refractivity contribution < 1.29 is 24.3 Å². The molecule has 4 aromatic rings. The molecule has 0 saturated carbocycles. The molecule has 0 unspecified atom stereocenters. The van der Waals surface area contributed by atoms with Crippen molar-refractivity contribution in [3.8, 4) is 0 Å². The first-order valence-electron chi connectivity index (χ1n) is 13.2. The van der Waals surface area contributed by atoms with Gasteiger partial charge in [-0.2, -0.15) is 5.01 Å². The number of aliphatic hydroxyl groups is 1. The molecule has 2 aromatic carbocycles. The van der Waals surface area contributed by atoms with Gasteiger partial charge in [0.1, 0.15) is 0 Å². The molecule has 13 heteroatoms. The van der Waals surface area contributed by atoms with E-state index in [1.165, 1.54) is 5.01 Å². The number of aliphatic hydroxyl groups excluding tert-OH is 1. The first-order valence-corrected chi connectivity index (χ1v) is 13.2. The number of carbonyl (C=O) groups is 4. The van der Waals surface area contributed by atoms with E-state index in [-0.39, 0.29) is 18.4 Å². The van der Waals surface area contributed by atoms with E-state index in [0.717, 1.165) is 22.8 Å². The quantitative estimate of drug-likeness (QED) is 0.0946. The fourth-order valence-corrected chi connectivity index (χ4v) is 4.22. The van der Waals surface area contributed by atoms with E-state index in [9.17, 15) is 19.2 Å². The van der Waals surface area contributed by atoms with Gasteiger partial charge in [0.2, 0.25) is 0 Å². The number of nitrogen functional groups attached to an aromatic ring is 1. The van der Waals surface area contributed by atoms with Crippen LogP contribution < -0.4 is 28.4 Å². The summed E-state index contributed by atoms with van der Waals surface area (Å²) < 4.78 is 3.32. The van der Waals surface area contributed by atoms with E-state index in [0.29, 0.717) is 27.3 Å². The maximum absolute atomic E-state index is 12.3. The third-order valence-corrected chi connectivity index (χ3v) is 6.36. The first-order chi connectivity index (χ1) is 20.5. The predicted molar refractivity (Wildman–Crippen MR) is 164 cm³/mol. The SMILES string of the molecule is CCO.Cc1ccc(C)n1N.Cc1ccc(C)n1N1C(=O)c2ccccc2C1=O.NN.NN1C(=O)c2ccccc2C1=O. The number of aryl methyl sites for hydroxylation is 4. The lowest BCUT2D eigenvalue weighted by molar-refractivity contribution is 0.0652. The number of rotatable bonds is 1. The summed E-state index contributed by atoms with van der Waals surface area (Å²) in [6.45, 7) is 9.63. The van der Waals surface area contributed by atoms with E-state index >= 15 is 0 Å². The summed E-state index contributed by atoms with van der Waals surface area (Å²) in [7, 11) is 0. The highest BCUT2D eigenvalue weighted by Gasteiger charge is 2.37.